The fourth-order valence-electron chi connectivity index (χ4n) is 1.63. The number of nitrogens with zero attached hydrogens (tertiary/aromatic N) is 1. The fraction of sp³-hybridized carbons (Fsp3) is 0.125. The topological polar surface area (TPSA) is 69.9 Å². The Balaban J connectivity index is 1.83. The van der Waals surface area contributed by atoms with Crippen molar-refractivity contribution in [1.29, 1.82) is 0 Å². The molecule has 1 atom stereocenters. The standard InChI is InChI=1S/C16H15NO3S/c18-13-9-7-12(8-10-13)5-3-1-2-4-6-15-17-14(11-21-15)16(19)20/h1-10,14,18H,11H2,(H,19,20)/b2-1+,5-3+,6-4+/t14-/m1/s1. The number of carboxylic acids is 1. The molecule has 4 nitrogen and oxygen atoms in total. The molecule has 1 aromatic carbocycles. The largest absolute Gasteiger partial charge is 0.508 e. The highest BCUT2D eigenvalue weighted by Crippen LogP contribution is 2.19. The molecule has 0 radical (unpaired) electrons. The van der Waals surface area contributed by atoms with Crippen LogP contribution in [0.15, 0.2) is 59.6 Å². The van der Waals surface area contributed by atoms with Gasteiger partial charge < -0.3 is 10.2 Å². The molecule has 0 unspecified atom stereocenters. The second kappa shape index (κ2) is 7.50. The summed E-state index contributed by atoms with van der Waals surface area (Å²) in [5.41, 5.74) is 1.00. The predicted octanol–water partition coefficient (Wildman–Crippen LogP) is 3.12. The lowest BCUT2D eigenvalue weighted by Crippen LogP contribution is -2.16. The van der Waals surface area contributed by atoms with Crippen molar-refractivity contribution in [3.8, 4) is 5.75 Å². The van der Waals surface area contributed by atoms with E-state index >= 15 is 0 Å². The van der Waals surface area contributed by atoms with E-state index in [1.807, 2.05) is 42.5 Å². The highest BCUT2D eigenvalue weighted by atomic mass is 32.2. The Labute approximate surface area is 127 Å². The molecule has 21 heavy (non-hydrogen) atoms. The van der Waals surface area contributed by atoms with Gasteiger partial charge in [0.25, 0.3) is 0 Å². The van der Waals surface area contributed by atoms with Crippen molar-refractivity contribution < 1.29 is 15.0 Å². The molecule has 0 amide bonds. The first kappa shape index (κ1) is 15.1. The number of phenolic OH excluding ortho intramolecular Hbond substituents is 1. The molecule has 1 aromatic rings. The van der Waals surface area contributed by atoms with Gasteiger partial charge in [-0.3, -0.25) is 4.99 Å². The summed E-state index contributed by atoms with van der Waals surface area (Å²) in [6.07, 6.45) is 11.2. The van der Waals surface area contributed by atoms with Crippen molar-refractivity contribution in [3.05, 3.63) is 60.2 Å². The SMILES string of the molecule is O=C(O)[C@H]1CSC(/C=C/C=C/C=C/c2ccc(O)cc2)=N1. The number of aliphatic carboxylic acids is 1. The van der Waals surface area contributed by atoms with Gasteiger partial charge in [0.15, 0.2) is 6.04 Å². The molecule has 0 bridgehead atoms. The lowest BCUT2D eigenvalue weighted by molar-refractivity contribution is -0.137. The van der Waals surface area contributed by atoms with Gasteiger partial charge in [-0.1, -0.05) is 42.5 Å². The maximum absolute atomic E-state index is 10.7. The molecular weight excluding hydrogens is 286 g/mol. The third-order valence-electron chi connectivity index (χ3n) is 2.71. The van der Waals surface area contributed by atoms with Gasteiger partial charge >= 0.3 is 5.97 Å². The van der Waals surface area contributed by atoms with Crippen LogP contribution in [-0.2, 0) is 4.79 Å². The molecule has 0 aromatic heterocycles. The first-order valence-electron chi connectivity index (χ1n) is 6.39. The number of phenols is 1. The minimum absolute atomic E-state index is 0.250. The predicted molar refractivity (Wildman–Crippen MR) is 86.7 cm³/mol. The Morgan fingerprint density at radius 2 is 1.81 bits per heavy atom. The summed E-state index contributed by atoms with van der Waals surface area (Å²) in [5.74, 6) is -0.127. The summed E-state index contributed by atoms with van der Waals surface area (Å²) < 4.78 is 0. The van der Waals surface area contributed by atoms with Crippen molar-refractivity contribution in [1.82, 2.24) is 0 Å². The van der Waals surface area contributed by atoms with Crippen molar-refractivity contribution in [2.24, 2.45) is 4.99 Å². The van der Waals surface area contributed by atoms with Crippen LogP contribution in [0.3, 0.4) is 0 Å². The number of benzene rings is 1. The van der Waals surface area contributed by atoms with E-state index in [2.05, 4.69) is 4.99 Å². The Kier molecular flexibility index (Phi) is 5.40. The highest BCUT2D eigenvalue weighted by molar-refractivity contribution is 8.14. The van der Waals surface area contributed by atoms with E-state index in [1.54, 1.807) is 18.2 Å². The summed E-state index contributed by atoms with van der Waals surface area (Å²) in [7, 11) is 0. The third-order valence-corrected chi connectivity index (χ3v) is 3.73. The van der Waals surface area contributed by atoms with Crippen molar-refractivity contribution in [2.45, 2.75) is 6.04 Å². The molecular formula is C16H15NO3S. The molecule has 0 saturated heterocycles. The molecule has 2 N–H and O–H groups in total. The van der Waals surface area contributed by atoms with Gasteiger partial charge in [-0.25, -0.2) is 4.79 Å². The van der Waals surface area contributed by atoms with E-state index in [0.29, 0.717) is 5.75 Å². The number of allylic oxidation sites excluding steroid dienone is 4. The zero-order chi connectivity index (χ0) is 15.1. The molecule has 1 heterocycles. The molecule has 0 spiro atoms. The molecule has 5 heteroatoms. The number of thioether (sulfide) groups is 1. The number of aromatic hydroxyl groups is 1. The first-order chi connectivity index (χ1) is 10.1. The molecule has 1 aliphatic rings. The van der Waals surface area contributed by atoms with Gasteiger partial charge in [0, 0.05) is 5.75 Å². The number of hydrogen-bond acceptors (Lipinski definition) is 4. The molecule has 0 aliphatic carbocycles. The van der Waals surface area contributed by atoms with Crippen LogP contribution < -0.4 is 0 Å². The smallest absolute Gasteiger partial charge is 0.329 e. The van der Waals surface area contributed by atoms with E-state index in [9.17, 15) is 4.79 Å². The van der Waals surface area contributed by atoms with Crippen LogP contribution >= 0.6 is 11.8 Å². The van der Waals surface area contributed by atoms with Crippen LogP contribution in [0.4, 0.5) is 0 Å². The maximum atomic E-state index is 10.7. The lowest BCUT2D eigenvalue weighted by atomic mass is 10.2. The van der Waals surface area contributed by atoms with E-state index in [0.717, 1.165) is 10.6 Å². The molecule has 108 valence electrons. The lowest BCUT2D eigenvalue weighted by Gasteiger charge is -1.93. The molecule has 2 rings (SSSR count). The summed E-state index contributed by atoms with van der Waals surface area (Å²) in [4.78, 5) is 14.8. The molecule has 0 fully saturated rings. The Morgan fingerprint density at radius 1 is 1.14 bits per heavy atom. The average molecular weight is 301 g/mol. The van der Waals surface area contributed by atoms with Crippen LogP contribution in [-0.4, -0.2) is 33.0 Å². The minimum atomic E-state index is -0.877. The quantitative estimate of drug-likeness (QED) is 0.820. The van der Waals surface area contributed by atoms with Crippen molar-refractivity contribution in [2.75, 3.05) is 5.75 Å². The van der Waals surface area contributed by atoms with Crippen LogP contribution in [0.1, 0.15) is 5.56 Å². The summed E-state index contributed by atoms with van der Waals surface area (Å²) in [6.45, 7) is 0. The highest BCUT2D eigenvalue weighted by Gasteiger charge is 2.22. The summed E-state index contributed by atoms with van der Waals surface area (Å²) in [5, 5.41) is 18.7. The number of rotatable bonds is 5. The fourth-order valence-corrected chi connectivity index (χ4v) is 2.55. The minimum Gasteiger partial charge on any atom is -0.508 e. The second-order valence-corrected chi connectivity index (χ2v) is 5.37. The van der Waals surface area contributed by atoms with Crippen LogP contribution in [0.2, 0.25) is 0 Å². The maximum Gasteiger partial charge on any atom is 0.329 e. The number of carbonyl (C=O) groups is 1. The number of carboxylic acid groups (broad SMARTS) is 1. The average Bonchev–Trinajstić information content (AvgIpc) is 2.94. The number of aliphatic imine (C=N–C) groups is 1. The summed E-state index contributed by atoms with van der Waals surface area (Å²) in [6, 6.07) is 6.31. The normalized spacial score (nSPS) is 18.9. The zero-order valence-corrected chi connectivity index (χ0v) is 12.0. The Morgan fingerprint density at radius 3 is 2.43 bits per heavy atom. The summed E-state index contributed by atoms with van der Waals surface area (Å²) >= 11 is 1.45. The first-order valence-corrected chi connectivity index (χ1v) is 7.37. The number of hydrogen-bond donors (Lipinski definition) is 2. The Bertz CT molecular complexity index is 615. The van der Waals surface area contributed by atoms with Crippen molar-refractivity contribution >= 4 is 28.9 Å². The van der Waals surface area contributed by atoms with Gasteiger partial charge in [0.2, 0.25) is 0 Å². The molecule has 1 aliphatic heterocycles. The van der Waals surface area contributed by atoms with E-state index in [4.69, 9.17) is 10.2 Å². The van der Waals surface area contributed by atoms with Gasteiger partial charge in [0.05, 0.1) is 5.04 Å². The Hall–Kier alpha value is -2.27. The van der Waals surface area contributed by atoms with E-state index in [1.165, 1.54) is 11.8 Å². The van der Waals surface area contributed by atoms with Gasteiger partial charge in [0.1, 0.15) is 5.75 Å². The molecule has 0 saturated carbocycles. The van der Waals surface area contributed by atoms with E-state index in [-0.39, 0.29) is 5.75 Å². The van der Waals surface area contributed by atoms with Crippen molar-refractivity contribution in [3.63, 3.8) is 0 Å². The second-order valence-electron chi connectivity index (χ2n) is 4.33. The van der Waals surface area contributed by atoms with Crippen LogP contribution in [0, 0.1) is 0 Å². The third kappa shape index (κ3) is 4.96. The van der Waals surface area contributed by atoms with Gasteiger partial charge in [-0.2, -0.15) is 0 Å². The van der Waals surface area contributed by atoms with Gasteiger partial charge in [-0.15, -0.1) is 11.8 Å². The zero-order valence-electron chi connectivity index (χ0n) is 11.2. The van der Waals surface area contributed by atoms with E-state index < -0.39 is 12.0 Å². The van der Waals surface area contributed by atoms with Crippen LogP contribution in [0.25, 0.3) is 6.08 Å². The van der Waals surface area contributed by atoms with Gasteiger partial charge in [-0.05, 0) is 23.8 Å². The van der Waals surface area contributed by atoms with Crippen LogP contribution in [0.5, 0.6) is 5.75 Å². The monoisotopic (exact) mass is 301 g/mol.